The normalized spacial score (nSPS) is 17.0. The molecule has 2 amide bonds. The molecule has 0 aliphatic heterocycles. The predicted molar refractivity (Wildman–Crippen MR) is 80.0 cm³/mol. The summed E-state index contributed by atoms with van der Waals surface area (Å²) in [6.07, 6.45) is 1.82. The van der Waals surface area contributed by atoms with Gasteiger partial charge in [0.1, 0.15) is 16.9 Å². The highest BCUT2D eigenvalue weighted by molar-refractivity contribution is 6.35. The minimum absolute atomic E-state index is 0.107. The fourth-order valence-electron chi connectivity index (χ4n) is 2.15. The van der Waals surface area contributed by atoms with E-state index in [4.69, 9.17) is 4.42 Å². The molecule has 1 atom stereocenters. The Labute approximate surface area is 127 Å². The summed E-state index contributed by atoms with van der Waals surface area (Å²) in [4.78, 5) is 23.3. The second kappa shape index (κ2) is 5.46. The number of hydrogen-bond acceptors (Lipinski definition) is 4. The number of furan rings is 1. The molecule has 116 valence electrons. The molecule has 22 heavy (non-hydrogen) atoms. The number of para-hydroxylation sites is 1. The molecule has 1 fully saturated rings. The van der Waals surface area contributed by atoms with E-state index in [1.165, 1.54) is 6.92 Å². The fraction of sp³-hybridized carbons (Fsp3) is 0.375. The minimum Gasteiger partial charge on any atom is -0.458 e. The van der Waals surface area contributed by atoms with Crippen LogP contribution < -0.4 is 10.6 Å². The van der Waals surface area contributed by atoms with Crippen LogP contribution in [0.2, 0.25) is 0 Å². The Morgan fingerprint density at radius 2 is 2.05 bits per heavy atom. The lowest BCUT2D eigenvalue weighted by Gasteiger charge is -2.20. The molecule has 0 bridgehead atoms. The van der Waals surface area contributed by atoms with Crippen LogP contribution in [0.5, 0.6) is 0 Å². The Bertz CT molecular complexity index is 683. The SMILES string of the molecule is CC(O)(CNC(=O)C(=O)NC1CC1)c1cc2ccccc2o1. The molecule has 1 heterocycles. The monoisotopic (exact) mass is 302 g/mol. The van der Waals surface area contributed by atoms with Gasteiger partial charge in [-0.25, -0.2) is 0 Å². The Morgan fingerprint density at radius 1 is 1.32 bits per heavy atom. The van der Waals surface area contributed by atoms with Crippen molar-refractivity contribution in [3.63, 3.8) is 0 Å². The minimum atomic E-state index is -1.39. The zero-order chi connectivity index (χ0) is 15.7. The molecule has 3 rings (SSSR count). The van der Waals surface area contributed by atoms with E-state index in [-0.39, 0.29) is 12.6 Å². The molecule has 2 aromatic rings. The Kier molecular flexibility index (Phi) is 3.62. The highest BCUT2D eigenvalue weighted by Crippen LogP contribution is 2.27. The third kappa shape index (κ3) is 3.12. The number of carbonyl (C=O) groups excluding carboxylic acids is 2. The molecule has 1 saturated carbocycles. The number of hydrogen-bond donors (Lipinski definition) is 3. The zero-order valence-electron chi connectivity index (χ0n) is 12.3. The standard InChI is InChI=1S/C16H18N2O4/c1-16(21,9-17-14(19)15(20)18-11-6-7-11)13-8-10-4-2-3-5-12(10)22-13/h2-5,8,11,21H,6-7,9H2,1H3,(H,17,19)(H,18,20). The average molecular weight is 302 g/mol. The lowest BCUT2D eigenvalue weighted by molar-refractivity contribution is -0.140. The van der Waals surface area contributed by atoms with E-state index in [0.717, 1.165) is 18.2 Å². The number of aliphatic hydroxyl groups is 1. The van der Waals surface area contributed by atoms with Gasteiger partial charge in [-0.2, -0.15) is 0 Å². The molecule has 3 N–H and O–H groups in total. The molecule has 1 aromatic carbocycles. The highest BCUT2D eigenvalue weighted by Gasteiger charge is 2.30. The van der Waals surface area contributed by atoms with E-state index < -0.39 is 17.4 Å². The number of benzene rings is 1. The van der Waals surface area contributed by atoms with E-state index in [1.807, 2.05) is 18.2 Å². The first-order chi connectivity index (χ1) is 10.5. The second-order valence-corrected chi connectivity index (χ2v) is 5.85. The van der Waals surface area contributed by atoms with Crippen molar-refractivity contribution >= 4 is 22.8 Å². The summed E-state index contributed by atoms with van der Waals surface area (Å²) in [5, 5.41) is 16.4. The summed E-state index contributed by atoms with van der Waals surface area (Å²) in [6, 6.07) is 9.24. The second-order valence-electron chi connectivity index (χ2n) is 5.85. The molecular formula is C16H18N2O4. The van der Waals surface area contributed by atoms with Gasteiger partial charge >= 0.3 is 11.8 Å². The molecule has 0 radical (unpaired) electrons. The fourth-order valence-corrected chi connectivity index (χ4v) is 2.15. The largest absolute Gasteiger partial charge is 0.458 e. The van der Waals surface area contributed by atoms with Crippen molar-refractivity contribution < 1.29 is 19.1 Å². The summed E-state index contributed by atoms with van der Waals surface area (Å²) >= 11 is 0. The third-order valence-electron chi connectivity index (χ3n) is 3.67. The summed E-state index contributed by atoms with van der Waals surface area (Å²) in [5.74, 6) is -1.07. The van der Waals surface area contributed by atoms with Crippen LogP contribution in [0.25, 0.3) is 11.0 Å². The number of nitrogens with one attached hydrogen (secondary N) is 2. The van der Waals surface area contributed by atoms with Crippen LogP contribution in [-0.2, 0) is 15.2 Å². The number of rotatable bonds is 4. The molecule has 1 unspecified atom stereocenters. The van der Waals surface area contributed by atoms with Gasteiger partial charge in [-0.05, 0) is 31.9 Å². The molecule has 6 nitrogen and oxygen atoms in total. The first-order valence-corrected chi connectivity index (χ1v) is 7.26. The van der Waals surface area contributed by atoms with Crippen molar-refractivity contribution in [3.8, 4) is 0 Å². The molecule has 1 aliphatic carbocycles. The van der Waals surface area contributed by atoms with Gasteiger partial charge < -0.3 is 20.2 Å². The third-order valence-corrected chi connectivity index (χ3v) is 3.67. The van der Waals surface area contributed by atoms with Crippen molar-refractivity contribution in [1.29, 1.82) is 0 Å². The first-order valence-electron chi connectivity index (χ1n) is 7.26. The Balaban J connectivity index is 1.64. The molecular weight excluding hydrogens is 284 g/mol. The predicted octanol–water partition coefficient (Wildman–Crippen LogP) is 1.04. The summed E-state index contributed by atoms with van der Waals surface area (Å²) in [5.41, 5.74) is -0.732. The van der Waals surface area contributed by atoms with Gasteiger partial charge in [-0.1, -0.05) is 18.2 Å². The van der Waals surface area contributed by atoms with Crippen LogP contribution in [0.4, 0.5) is 0 Å². The maximum Gasteiger partial charge on any atom is 0.309 e. The van der Waals surface area contributed by atoms with Gasteiger partial charge in [0.25, 0.3) is 0 Å². The summed E-state index contributed by atoms with van der Waals surface area (Å²) in [7, 11) is 0. The molecule has 0 saturated heterocycles. The van der Waals surface area contributed by atoms with E-state index in [0.29, 0.717) is 11.3 Å². The van der Waals surface area contributed by atoms with Crippen LogP contribution in [0.3, 0.4) is 0 Å². The van der Waals surface area contributed by atoms with Crippen LogP contribution >= 0.6 is 0 Å². The molecule has 0 spiro atoms. The Hall–Kier alpha value is -2.34. The smallest absolute Gasteiger partial charge is 0.309 e. The van der Waals surface area contributed by atoms with Gasteiger partial charge in [0, 0.05) is 11.4 Å². The maximum absolute atomic E-state index is 11.7. The lowest BCUT2D eigenvalue weighted by Crippen LogP contribution is -2.45. The molecule has 1 aromatic heterocycles. The lowest BCUT2D eigenvalue weighted by atomic mass is 10.0. The summed E-state index contributed by atoms with van der Waals surface area (Å²) < 4.78 is 5.60. The van der Waals surface area contributed by atoms with Gasteiger partial charge in [-0.3, -0.25) is 9.59 Å². The maximum atomic E-state index is 11.7. The van der Waals surface area contributed by atoms with Crippen molar-refractivity contribution in [2.24, 2.45) is 0 Å². The average Bonchev–Trinajstić information content (AvgIpc) is 3.18. The highest BCUT2D eigenvalue weighted by atomic mass is 16.4. The molecule has 1 aliphatic rings. The van der Waals surface area contributed by atoms with Gasteiger partial charge in [0.05, 0.1) is 6.54 Å². The molecule has 6 heteroatoms. The van der Waals surface area contributed by atoms with Crippen molar-refractivity contribution in [1.82, 2.24) is 10.6 Å². The number of fused-ring (bicyclic) bond motifs is 1. The van der Waals surface area contributed by atoms with Crippen LogP contribution in [0.15, 0.2) is 34.7 Å². The number of amides is 2. The van der Waals surface area contributed by atoms with E-state index in [1.54, 1.807) is 12.1 Å². The first kappa shape index (κ1) is 14.6. The van der Waals surface area contributed by atoms with Gasteiger partial charge in [-0.15, -0.1) is 0 Å². The van der Waals surface area contributed by atoms with Crippen molar-refractivity contribution in [2.75, 3.05) is 6.54 Å². The van der Waals surface area contributed by atoms with E-state index >= 15 is 0 Å². The van der Waals surface area contributed by atoms with Crippen LogP contribution in [0, 0.1) is 0 Å². The van der Waals surface area contributed by atoms with Gasteiger partial charge in [0.15, 0.2) is 0 Å². The topological polar surface area (TPSA) is 91.6 Å². The quantitative estimate of drug-likeness (QED) is 0.736. The van der Waals surface area contributed by atoms with E-state index in [9.17, 15) is 14.7 Å². The zero-order valence-corrected chi connectivity index (χ0v) is 12.3. The van der Waals surface area contributed by atoms with Crippen LogP contribution in [0.1, 0.15) is 25.5 Å². The van der Waals surface area contributed by atoms with Crippen molar-refractivity contribution in [3.05, 3.63) is 36.1 Å². The van der Waals surface area contributed by atoms with Gasteiger partial charge in [0.2, 0.25) is 0 Å². The Morgan fingerprint density at radius 3 is 2.73 bits per heavy atom. The summed E-state index contributed by atoms with van der Waals surface area (Å²) in [6.45, 7) is 1.42. The van der Waals surface area contributed by atoms with Crippen molar-refractivity contribution in [2.45, 2.75) is 31.4 Å². The van der Waals surface area contributed by atoms with Crippen LogP contribution in [-0.4, -0.2) is 29.5 Å². The van der Waals surface area contributed by atoms with E-state index in [2.05, 4.69) is 10.6 Å². The number of carbonyl (C=O) groups is 2.